The second kappa shape index (κ2) is 6.47. The first kappa shape index (κ1) is 13.7. The molecule has 2 aromatic heterocycles. The van der Waals surface area contributed by atoms with Crippen molar-refractivity contribution in [2.45, 2.75) is 13.5 Å². The smallest absolute Gasteiger partial charge is 0.224 e. The van der Waals surface area contributed by atoms with Crippen LogP contribution in [0.4, 0.5) is 0 Å². The number of ether oxygens (including phenoxy) is 1. The predicted octanol–water partition coefficient (Wildman–Crippen LogP) is 2.54. The van der Waals surface area contributed by atoms with Gasteiger partial charge in [-0.3, -0.25) is 4.79 Å². The molecule has 5 heteroatoms. The first-order chi connectivity index (χ1) is 9.80. The highest BCUT2D eigenvalue weighted by molar-refractivity contribution is 6.10. The lowest BCUT2D eigenvalue weighted by Crippen LogP contribution is -2.10. The number of rotatable bonds is 5. The Bertz CT molecular complexity index is 683. The molecule has 0 fully saturated rings. The topological polar surface area (TPSA) is 56.0 Å². The third kappa shape index (κ3) is 2.83. The van der Waals surface area contributed by atoms with Gasteiger partial charge in [-0.1, -0.05) is 18.7 Å². The first-order valence-electron chi connectivity index (χ1n) is 6.14. The van der Waals surface area contributed by atoms with Crippen LogP contribution in [-0.2, 0) is 16.1 Å². The zero-order valence-electron chi connectivity index (χ0n) is 11.2. The lowest BCUT2D eigenvalue weighted by molar-refractivity contribution is -0.104. The molecule has 0 spiro atoms. The number of aldehydes is 1. The fourth-order valence-electron chi connectivity index (χ4n) is 1.79. The van der Waals surface area contributed by atoms with Crippen molar-refractivity contribution < 1.29 is 9.53 Å². The van der Waals surface area contributed by atoms with Crippen LogP contribution >= 0.6 is 0 Å². The summed E-state index contributed by atoms with van der Waals surface area (Å²) in [6.45, 7) is 5.55. The standard InChI is InChI=1S/C15H15N3O2/c1-3-12(10-19)15(16-4-2)20-11-13-6-5-8-18-9-7-17-14(13)18/h3-10H,2,11H2,1H3/b12-3-,16-15?. The van der Waals surface area contributed by atoms with Crippen molar-refractivity contribution in [2.75, 3.05) is 0 Å². The van der Waals surface area contributed by atoms with E-state index in [4.69, 9.17) is 4.74 Å². The quantitative estimate of drug-likeness (QED) is 0.363. The molecule has 0 bridgehead atoms. The zero-order chi connectivity index (χ0) is 14.4. The molecule has 2 rings (SSSR count). The van der Waals surface area contributed by atoms with Gasteiger partial charge in [0.1, 0.15) is 12.3 Å². The summed E-state index contributed by atoms with van der Waals surface area (Å²) >= 11 is 0. The summed E-state index contributed by atoms with van der Waals surface area (Å²) in [5.74, 6) is 0.256. The number of aromatic nitrogens is 2. The summed E-state index contributed by atoms with van der Waals surface area (Å²) in [5, 5.41) is 0. The number of hydrogen-bond donors (Lipinski definition) is 0. The Labute approximate surface area is 116 Å². The molecule has 0 aliphatic heterocycles. The van der Waals surface area contributed by atoms with Crippen molar-refractivity contribution in [1.29, 1.82) is 0 Å². The molecule has 0 aromatic carbocycles. The first-order valence-corrected chi connectivity index (χ1v) is 6.14. The highest BCUT2D eigenvalue weighted by atomic mass is 16.5. The Balaban J connectivity index is 2.22. The number of nitrogens with zero attached hydrogens (tertiary/aromatic N) is 3. The maximum absolute atomic E-state index is 11.0. The summed E-state index contributed by atoms with van der Waals surface area (Å²) < 4.78 is 7.52. The van der Waals surface area contributed by atoms with Crippen LogP contribution in [0.5, 0.6) is 0 Å². The molecule has 2 aromatic rings. The zero-order valence-corrected chi connectivity index (χ0v) is 11.2. The maximum Gasteiger partial charge on any atom is 0.224 e. The summed E-state index contributed by atoms with van der Waals surface area (Å²) in [6, 6.07) is 3.83. The summed E-state index contributed by atoms with van der Waals surface area (Å²) in [7, 11) is 0. The summed E-state index contributed by atoms with van der Waals surface area (Å²) in [4.78, 5) is 19.2. The lowest BCUT2D eigenvalue weighted by Gasteiger charge is -2.09. The van der Waals surface area contributed by atoms with E-state index in [0.717, 1.165) is 11.2 Å². The highest BCUT2D eigenvalue weighted by Gasteiger charge is 2.09. The molecule has 0 saturated heterocycles. The van der Waals surface area contributed by atoms with Crippen LogP contribution < -0.4 is 0 Å². The van der Waals surface area contributed by atoms with E-state index >= 15 is 0 Å². The molecule has 0 amide bonds. The fraction of sp³-hybridized carbons (Fsp3) is 0.133. The third-order valence-corrected chi connectivity index (χ3v) is 2.76. The van der Waals surface area contributed by atoms with Crippen molar-refractivity contribution in [1.82, 2.24) is 9.38 Å². The molecule has 0 aliphatic rings. The van der Waals surface area contributed by atoms with Gasteiger partial charge in [0.25, 0.3) is 0 Å². The van der Waals surface area contributed by atoms with Gasteiger partial charge >= 0.3 is 0 Å². The molecule has 0 unspecified atom stereocenters. The van der Waals surface area contributed by atoms with Gasteiger partial charge in [-0.2, -0.15) is 0 Å². The predicted molar refractivity (Wildman–Crippen MR) is 77.4 cm³/mol. The van der Waals surface area contributed by atoms with Crippen LogP contribution in [0, 0.1) is 0 Å². The Kier molecular flexibility index (Phi) is 4.44. The van der Waals surface area contributed by atoms with Gasteiger partial charge in [0, 0.05) is 30.4 Å². The number of pyridine rings is 1. The van der Waals surface area contributed by atoms with Gasteiger partial charge in [0.2, 0.25) is 5.90 Å². The van der Waals surface area contributed by atoms with Crippen LogP contribution in [0.25, 0.3) is 5.65 Å². The van der Waals surface area contributed by atoms with E-state index in [0.29, 0.717) is 11.9 Å². The van der Waals surface area contributed by atoms with Crippen molar-refractivity contribution in [3.63, 3.8) is 0 Å². The molecular weight excluding hydrogens is 254 g/mol. The number of aliphatic imine (C=N–C) groups is 1. The van der Waals surface area contributed by atoms with E-state index in [-0.39, 0.29) is 12.5 Å². The molecule has 0 radical (unpaired) electrons. The number of allylic oxidation sites excluding steroid dienone is 1. The van der Waals surface area contributed by atoms with E-state index in [9.17, 15) is 4.79 Å². The molecular formula is C15H15N3O2. The Morgan fingerprint density at radius 3 is 3.10 bits per heavy atom. The number of fused-ring (bicyclic) bond motifs is 1. The fourth-order valence-corrected chi connectivity index (χ4v) is 1.79. The monoisotopic (exact) mass is 269 g/mol. The molecule has 102 valence electrons. The molecule has 20 heavy (non-hydrogen) atoms. The Morgan fingerprint density at radius 2 is 2.40 bits per heavy atom. The second-order valence-corrected chi connectivity index (χ2v) is 3.96. The summed E-state index contributed by atoms with van der Waals surface area (Å²) in [6.07, 6.45) is 9.19. The van der Waals surface area contributed by atoms with Crippen molar-refractivity contribution in [3.8, 4) is 0 Å². The Morgan fingerprint density at radius 1 is 1.55 bits per heavy atom. The number of carbonyl (C=O) groups excluding carboxylic acids is 1. The SMILES string of the molecule is C=CN=C(OCc1cccn2ccnc12)/C(C=O)=C\C. The van der Waals surface area contributed by atoms with Crippen molar-refractivity contribution in [3.05, 3.63) is 60.7 Å². The van der Waals surface area contributed by atoms with E-state index in [1.807, 2.05) is 28.9 Å². The van der Waals surface area contributed by atoms with Crippen LogP contribution in [0.2, 0.25) is 0 Å². The molecule has 5 nitrogen and oxygen atoms in total. The molecule has 0 aliphatic carbocycles. The number of imidazole rings is 1. The van der Waals surface area contributed by atoms with Crippen LogP contribution in [0.1, 0.15) is 12.5 Å². The third-order valence-electron chi connectivity index (χ3n) is 2.76. The van der Waals surface area contributed by atoms with E-state index < -0.39 is 0 Å². The average Bonchev–Trinajstić information content (AvgIpc) is 2.95. The van der Waals surface area contributed by atoms with E-state index in [1.54, 1.807) is 19.2 Å². The molecule has 2 heterocycles. The van der Waals surface area contributed by atoms with Crippen LogP contribution in [0.3, 0.4) is 0 Å². The summed E-state index contributed by atoms with van der Waals surface area (Å²) in [5.41, 5.74) is 2.12. The van der Waals surface area contributed by atoms with Gasteiger partial charge < -0.3 is 9.14 Å². The van der Waals surface area contributed by atoms with Gasteiger partial charge in [-0.05, 0) is 13.0 Å². The van der Waals surface area contributed by atoms with Gasteiger partial charge in [0.15, 0.2) is 6.29 Å². The maximum atomic E-state index is 11.0. The number of hydrogen-bond acceptors (Lipinski definition) is 4. The van der Waals surface area contributed by atoms with Crippen LogP contribution in [0.15, 0.2) is 60.1 Å². The van der Waals surface area contributed by atoms with E-state index in [1.165, 1.54) is 6.20 Å². The lowest BCUT2D eigenvalue weighted by atomic mass is 10.2. The minimum absolute atomic E-state index is 0.256. The van der Waals surface area contributed by atoms with Crippen molar-refractivity contribution in [2.24, 2.45) is 4.99 Å². The average molecular weight is 269 g/mol. The molecule has 0 atom stereocenters. The molecule has 0 N–H and O–H groups in total. The highest BCUT2D eigenvalue weighted by Crippen LogP contribution is 2.11. The molecule has 0 saturated carbocycles. The minimum Gasteiger partial charge on any atom is -0.472 e. The van der Waals surface area contributed by atoms with E-state index in [2.05, 4.69) is 16.6 Å². The Hall–Kier alpha value is -2.69. The van der Waals surface area contributed by atoms with Crippen molar-refractivity contribution >= 4 is 17.8 Å². The van der Waals surface area contributed by atoms with Crippen LogP contribution in [-0.4, -0.2) is 21.6 Å². The van der Waals surface area contributed by atoms with Gasteiger partial charge in [0.05, 0.1) is 5.57 Å². The normalized spacial score (nSPS) is 12.4. The van der Waals surface area contributed by atoms with Gasteiger partial charge in [-0.25, -0.2) is 9.98 Å². The largest absolute Gasteiger partial charge is 0.472 e. The van der Waals surface area contributed by atoms with Gasteiger partial charge in [-0.15, -0.1) is 0 Å². The second-order valence-electron chi connectivity index (χ2n) is 3.96. The number of carbonyl (C=O) groups is 1. The minimum atomic E-state index is 0.256.